The molecule has 146 valence electrons. The van der Waals surface area contributed by atoms with E-state index in [9.17, 15) is 0 Å². The van der Waals surface area contributed by atoms with E-state index in [1.807, 2.05) is 0 Å². The van der Waals surface area contributed by atoms with Gasteiger partial charge >= 0.3 is 0 Å². The van der Waals surface area contributed by atoms with Gasteiger partial charge in [0.25, 0.3) is 0 Å². The van der Waals surface area contributed by atoms with Gasteiger partial charge in [-0.05, 0) is 50.7 Å². The molecule has 27 heavy (non-hydrogen) atoms. The summed E-state index contributed by atoms with van der Waals surface area (Å²) in [6, 6.07) is 21.4. The summed E-state index contributed by atoms with van der Waals surface area (Å²) in [6.07, 6.45) is 4.58. The average Bonchev–Trinajstić information content (AvgIpc) is 2.60. The summed E-state index contributed by atoms with van der Waals surface area (Å²) in [5.74, 6) is 1.06. The van der Waals surface area contributed by atoms with Crippen LogP contribution in [0.3, 0.4) is 0 Å². The topological polar surface area (TPSA) is 9.23 Å². The van der Waals surface area contributed by atoms with Crippen molar-refractivity contribution in [1.82, 2.24) is 0 Å². The second-order valence-electron chi connectivity index (χ2n) is 9.01. The van der Waals surface area contributed by atoms with E-state index in [0.29, 0.717) is 4.87 Å². The lowest BCUT2D eigenvalue weighted by atomic mass is 10.1. The molecular weight excluding hydrogens is 380 g/mol. The molecule has 0 spiro atoms. The minimum absolute atomic E-state index is 0.694. The fourth-order valence-corrected chi connectivity index (χ4v) is 7.46. The van der Waals surface area contributed by atoms with Crippen molar-refractivity contribution < 1.29 is 4.43 Å². The largest absolute Gasteiger partial charge is 0.544 e. The third-order valence-electron chi connectivity index (χ3n) is 4.22. The van der Waals surface area contributed by atoms with Gasteiger partial charge in [0, 0.05) is 15.3 Å². The summed E-state index contributed by atoms with van der Waals surface area (Å²) in [5.41, 5.74) is 1.19. The molecule has 0 heterocycles. The van der Waals surface area contributed by atoms with Crippen LogP contribution in [0.25, 0.3) is 5.76 Å². The second-order valence-corrected chi connectivity index (χ2v) is 20.6. The van der Waals surface area contributed by atoms with Gasteiger partial charge in [0.1, 0.15) is 5.76 Å². The molecule has 0 aliphatic carbocycles. The Bertz CT molecular complexity index is 716. The first-order valence-corrected chi connectivity index (χ1v) is 17.7. The summed E-state index contributed by atoms with van der Waals surface area (Å²) in [6.45, 7) is 14.2. The molecule has 0 saturated carbocycles. The van der Waals surface area contributed by atoms with Gasteiger partial charge < -0.3 is 4.43 Å². The number of thioether (sulfide) groups is 1. The molecule has 0 aliphatic heterocycles. The van der Waals surface area contributed by atoms with Gasteiger partial charge in [-0.25, -0.2) is 0 Å². The predicted octanol–water partition coefficient (Wildman–Crippen LogP) is 7.70. The third-order valence-corrected chi connectivity index (χ3v) is 10.8. The predicted molar refractivity (Wildman–Crippen MR) is 128 cm³/mol. The van der Waals surface area contributed by atoms with Gasteiger partial charge in [0.15, 0.2) is 0 Å². The van der Waals surface area contributed by atoms with Crippen molar-refractivity contribution in [1.29, 1.82) is 0 Å². The maximum atomic E-state index is 6.41. The van der Waals surface area contributed by atoms with Crippen LogP contribution in [0.1, 0.15) is 18.4 Å². The zero-order valence-electron chi connectivity index (χ0n) is 17.7. The summed E-state index contributed by atoms with van der Waals surface area (Å²) >= 11 is 2.06. The molecule has 0 amide bonds. The smallest absolute Gasteiger partial charge is 0.242 e. The van der Waals surface area contributed by atoms with Crippen LogP contribution < -0.4 is 0 Å². The molecule has 0 bridgehead atoms. The Balaban J connectivity index is 2.12. The molecule has 1 nitrogen and oxygen atoms in total. The van der Waals surface area contributed by atoms with E-state index < -0.39 is 16.4 Å². The quantitative estimate of drug-likeness (QED) is 0.236. The summed E-state index contributed by atoms with van der Waals surface area (Å²) in [7, 11) is -2.91. The van der Waals surface area contributed by atoms with E-state index in [1.54, 1.807) is 0 Å². The van der Waals surface area contributed by atoms with Gasteiger partial charge in [-0.15, -0.1) is 11.8 Å². The molecule has 4 heteroatoms. The minimum atomic E-state index is -1.64. The van der Waals surface area contributed by atoms with E-state index in [4.69, 9.17) is 4.43 Å². The zero-order chi connectivity index (χ0) is 19.9. The lowest BCUT2D eigenvalue weighted by molar-refractivity contribution is 0.512. The zero-order valence-corrected chi connectivity index (χ0v) is 20.5. The fraction of sp³-hybridized carbons (Fsp3) is 0.391. The molecule has 2 rings (SSSR count). The molecule has 0 saturated heterocycles. The van der Waals surface area contributed by atoms with E-state index in [-0.39, 0.29) is 0 Å². The maximum absolute atomic E-state index is 6.41. The highest BCUT2D eigenvalue weighted by Crippen LogP contribution is 2.33. The molecule has 0 radical (unpaired) electrons. The first-order chi connectivity index (χ1) is 12.6. The van der Waals surface area contributed by atoms with E-state index in [1.165, 1.54) is 16.9 Å². The Kier molecular flexibility index (Phi) is 8.01. The van der Waals surface area contributed by atoms with Crippen LogP contribution in [0, 0.1) is 0 Å². The van der Waals surface area contributed by atoms with Crippen molar-refractivity contribution in [2.45, 2.75) is 61.9 Å². The molecular formula is C23H34OSSi2. The SMILES string of the molecule is C[Si](C)(C)O/C(=C\CCC(Sc1ccccc1)[Si](C)(C)C)c1ccccc1. The molecule has 0 N–H and O–H groups in total. The first kappa shape index (κ1) is 22.1. The van der Waals surface area contributed by atoms with Gasteiger partial charge in [0.2, 0.25) is 8.32 Å². The number of hydrogen-bond acceptors (Lipinski definition) is 2. The second kappa shape index (κ2) is 9.81. The maximum Gasteiger partial charge on any atom is 0.242 e. The summed E-state index contributed by atoms with van der Waals surface area (Å²) in [5, 5.41) is 0. The van der Waals surface area contributed by atoms with Crippen molar-refractivity contribution in [2.24, 2.45) is 0 Å². The molecule has 0 fully saturated rings. The molecule has 1 unspecified atom stereocenters. The van der Waals surface area contributed by atoms with Crippen LogP contribution in [-0.4, -0.2) is 21.3 Å². The number of benzene rings is 2. The minimum Gasteiger partial charge on any atom is -0.544 e. The van der Waals surface area contributed by atoms with Crippen LogP contribution in [0.4, 0.5) is 0 Å². The van der Waals surface area contributed by atoms with Gasteiger partial charge in [-0.1, -0.05) is 68.2 Å². The van der Waals surface area contributed by atoms with E-state index in [2.05, 4.69) is 118 Å². The number of hydrogen-bond donors (Lipinski definition) is 0. The Hall–Kier alpha value is -1.24. The first-order valence-electron chi connectivity index (χ1n) is 9.81. The highest BCUT2D eigenvalue weighted by atomic mass is 32.2. The third kappa shape index (κ3) is 8.12. The van der Waals surface area contributed by atoms with Crippen LogP contribution in [-0.2, 0) is 4.43 Å². The van der Waals surface area contributed by atoms with Crippen molar-refractivity contribution in [2.75, 3.05) is 0 Å². The molecule has 1 atom stereocenters. The lowest BCUT2D eigenvalue weighted by Crippen LogP contribution is -2.35. The standard InChI is InChI=1S/C23H34OSSi2/c1-26(2,3)23(25-21-16-11-8-12-17-21)19-13-18-22(24-27(4,5)6)20-14-9-7-10-15-20/h7-12,14-18,23H,13,19H2,1-6H3/b22-18-. The van der Waals surface area contributed by atoms with E-state index in [0.717, 1.165) is 12.2 Å². The Labute approximate surface area is 172 Å². The van der Waals surface area contributed by atoms with Gasteiger partial charge in [-0.2, -0.15) is 0 Å². The fourth-order valence-electron chi connectivity index (χ4n) is 2.85. The van der Waals surface area contributed by atoms with Crippen molar-refractivity contribution in [3.63, 3.8) is 0 Å². The van der Waals surface area contributed by atoms with Gasteiger partial charge in [-0.3, -0.25) is 0 Å². The molecule has 0 aromatic heterocycles. The Morgan fingerprint density at radius 2 is 1.44 bits per heavy atom. The average molecular weight is 415 g/mol. The van der Waals surface area contributed by atoms with Crippen LogP contribution in [0.2, 0.25) is 39.3 Å². The van der Waals surface area contributed by atoms with Crippen molar-refractivity contribution >= 4 is 33.9 Å². The normalized spacial score (nSPS) is 14.1. The van der Waals surface area contributed by atoms with Crippen LogP contribution in [0.5, 0.6) is 0 Å². The Morgan fingerprint density at radius 3 is 1.96 bits per heavy atom. The highest BCUT2D eigenvalue weighted by Gasteiger charge is 2.27. The molecule has 0 aliphatic rings. The van der Waals surface area contributed by atoms with Crippen molar-refractivity contribution in [3.8, 4) is 0 Å². The number of rotatable bonds is 9. The number of allylic oxidation sites excluding steroid dienone is 1. The van der Waals surface area contributed by atoms with Crippen LogP contribution in [0.15, 0.2) is 71.6 Å². The highest BCUT2D eigenvalue weighted by molar-refractivity contribution is 8.01. The monoisotopic (exact) mass is 414 g/mol. The van der Waals surface area contributed by atoms with Crippen LogP contribution >= 0.6 is 11.8 Å². The lowest BCUT2D eigenvalue weighted by Gasteiger charge is -2.28. The Morgan fingerprint density at radius 1 is 0.889 bits per heavy atom. The van der Waals surface area contributed by atoms with Crippen molar-refractivity contribution in [3.05, 3.63) is 72.3 Å². The molecule has 2 aromatic carbocycles. The summed E-state index contributed by atoms with van der Waals surface area (Å²) < 4.78 is 6.41. The molecule has 2 aromatic rings. The van der Waals surface area contributed by atoms with Gasteiger partial charge in [0.05, 0.1) is 8.07 Å². The summed E-state index contributed by atoms with van der Waals surface area (Å²) in [4.78, 5) is 2.08. The van der Waals surface area contributed by atoms with E-state index >= 15 is 0 Å².